The molecule has 18 heavy (non-hydrogen) atoms. The quantitative estimate of drug-likeness (QED) is 0.773. The number of carbonyl (C=O) groups excluding carboxylic acids is 1. The van der Waals surface area contributed by atoms with Gasteiger partial charge in [0.25, 0.3) is 0 Å². The Balaban J connectivity index is 2.07. The van der Waals surface area contributed by atoms with Crippen molar-refractivity contribution in [1.82, 2.24) is 4.90 Å². The summed E-state index contributed by atoms with van der Waals surface area (Å²) in [4.78, 5) is 14.7. The Bertz CT molecular complexity index is 250. The highest BCUT2D eigenvalue weighted by Crippen LogP contribution is 2.31. The van der Waals surface area contributed by atoms with Crippen molar-refractivity contribution in [2.75, 3.05) is 0 Å². The van der Waals surface area contributed by atoms with Crippen molar-refractivity contribution in [3.8, 4) is 0 Å². The second-order valence-electron chi connectivity index (χ2n) is 6.01. The fraction of sp³-hybridized carbons (Fsp3) is 0.933. The zero-order chi connectivity index (χ0) is 13.0. The fourth-order valence-corrected chi connectivity index (χ4v) is 3.73. The van der Waals surface area contributed by atoms with E-state index in [0.29, 0.717) is 12.1 Å². The summed E-state index contributed by atoms with van der Waals surface area (Å²) < 4.78 is 0. The molecule has 0 spiro atoms. The van der Waals surface area contributed by atoms with E-state index in [0.717, 1.165) is 0 Å². The average Bonchev–Trinajstić information content (AvgIpc) is 2.41. The maximum absolute atomic E-state index is 12.5. The Morgan fingerprint density at radius 1 is 0.944 bits per heavy atom. The van der Waals surface area contributed by atoms with Gasteiger partial charge in [-0.1, -0.05) is 38.5 Å². The molecule has 0 aromatic carbocycles. The predicted octanol–water partition coefficient (Wildman–Crippen LogP) is 3.80. The van der Waals surface area contributed by atoms with Gasteiger partial charge in [-0.15, -0.1) is 0 Å². The number of amides is 1. The van der Waals surface area contributed by atoms with Crippen LogP contribution in [0.5, 0.6) is 0 Å². The third-order valence-corrected chi connectivity index (χ3v) is 4.77. The van der Waals surface area contributed by atoms with Crippen molar-refractivity contribution in [2.24, 2.45) is 0 Å². The van der Waals surface area contributed by atoms with Crippen LogP contribution in [0.4, 0.5) is 0 Å². The average molecular weight is 269 g/mol. The SMILES string of the molecule is CC(S)C(=O)N(C1CCCCC1)C1CCCCC1. The Hall–Kier alpha value is -0.180. The molecular formula is C15H27NOS. The van der Waals surface area contributed by atoms with Crippen LogP contribution in [0.25, 0.3) is 0 Å². The van der Waals surface area contributed by atoms with Crippen LogP contribution in [0.15, 0.2) is 0 Å². The maximum Gasteiger partial charge on any atom is 0.235 e. The van der Waals surface area contributed by atoms with Crippen LogP contribution in [-0.4, -0.2) is 28.1 Å². The van der Waals surface area contributed by atoms with Crippen LogP contribution in [-0.2, 0) is 4.79 Å². The minimum absolute atomic E-state index is 0.145. The summed E-state index contributed by atoms with van der Waals surface area (Å²) in [5.74, 6) is 0.275. The van der Waals surface area contributed by atoms with Crippen molar-refractivity contribution in [3.05, 3.63) is 0 Å². The zero-order valence-electron chi connectivity index (χ0n) is 11.6. The van der Waals surface area contributed by atoms with Gasteiger partial charge in [0, 0.05) is 12.1 Å². The van der Waals surface area contributed by atoms with E-state index < -0.39 is 0 Å². The molecule has 104 valence electrons. The normalized spacial score (nSPS) is 24.8. The van der Waals surface area contributed by atoms with Gasteiger partial charge in [-0.3, -0.25) is 4.79 Å². The molecule has 2 rings (SSSR count). The summed E-state index contributed by atoms with van der Waals surface area (Å²) in [5, 5.41) is -0.145. The number of hydrogen-bond donors (Lipinski definition) is 1. The lowest BCUT2D eigenvalue weighted by atomic mass is 9.88. The second kappa shape index (κ2) is 6.83. The van der Waals surface area contributed by atoms with Crippen LogP contribution in [0.3, 0.4) is 0 Å². The third-order valence-electron chi connectivity index (χ3n) is 4.55. The molecule has 2 fully saturated rings. The largest absolute Gasteiger partial charge is 0.336 e. The Kier molecular flexibility index (Phi) is 5.40. The van der Waals surface area contributed by atoms with E-state index in [4.69, 9.17) is 0 Å². The van der Waals surface area contributed by atoms with Gasteiger partial charge in [-0.25, -0.2) is 0 Å². The van der Waals surface area contributed by atoms with Crippen LogP contribution in [0.2, 0.25) is 0 Å². The van der Waals surface area contributed by atoms with Gasteiger partial charge in [0.15, 0.2) is 0 Å². The fourth-order valence-electron chi connectivity index (χ4n) is 3.59. The van der Waals surface area contributed by atoms with Crippen LogP contribution < -0.4 is 0 Å². The van der Waals surface area contributed by atoms with Gasteiger partial charge in [0.05, 0.1) is 5.25 Å². The van der Waals surface area contributed by atoms with Gasteiger partial charge in [0.2, 0.25) is 5.91 Å². The molecule has 0 N–H and O–H groups in total. The lowest BCUT2D eigenvalue weighted by Crippen LogP contribution is -2.51. The van der Waals surface area contributed by atoms with Crippen LogP contribution in [0, 0.1) is 0 Å². The predicted molar refractivity (Wildman–Crippen MR) is 79.0 cm³/mol. The highest BCUT2D eigenvalue weighted by molar-refractivity contribution is 7.81. The van der Waals surface area contributed by atoms with Crippen molar-refractivity contribution >= 4 is 18.5 Å². The highest BCUT2D eigenvalue weighted by Gasteiger charge is 2.33. The number of rotatable bonds is 3. The molecular weight excluding hydrogens is 242 g/mol. The number of hydrogen-bond acceptors (Lipinski definition) is 2. The van der Waals surface area contributed by atoms with Crippen LogP contribution >= 0.6 is 12.6 Å². The second-order valence-corrected chi connectivity index (χ2v) is 6.78. The Morgan fingerprint density at radius 3 is 1.67 bits per heavy atom. The van der Waals surface area contributed by atoms with E-state index in [1.165, 1.54) is 64.2 Å². The molecule has 2 aliphatic rings. The van der Waals surface area contributed by atoms with E-state index in [9.17, 15) is 4.79 Å². The molecule has 0 heterocycles. The molecule has 2 nitrogen and oxygen atoms in total. The van der Waals surface area contributed by atoms with E-state index >= 15 is 0 Å². The first kappa shape index (κ1) is 14.2. The molecule has 2 saturated carbocycles. The molecule has 3 heteroatoms. The molecule has 0 aromatic heterocycles. The monoisotopic (exact) mass is 269 g/mol. The van der Waals surface area contributed by atoms with E-state index in [1.807, 2.05) is 6.92 Å². The maximum atomic E-state index is 12.5. The number of nitrogens with zero attached hydrogens (tertiary/aromatic N) is 1. The summed E-state index contributed by atoms with van der Waals surface area (Å²) >= 11 is 4.38. The zero-order valence-corrected chi connectivity index (χ0v) is 12.5. The topological polar surface area (TPSA) is 20.3 Å². The highest BCUT2D eigenvalue weighted by atomic mass is 32.1. The third kappa shape index (κ3) is 3.43. The number of carbonyl (C=O) groups is 1. The molecule has 0 saturated heterocycles. The van der Waals surface area contributed by atoms with E-state index in [1.54, 1.807) is 0 Å². The van der Waals surface area contributed by atoms with Crippen molar-refractivity contribution in [3.63, 3.8) is 0 Å². The lowest BCUT2D eigenvalue weighted by Gasteiger charge is -2.42. The smallest absolute Gasteiger partial charge is 0.235 e. The Morgan fingerprint density at radius 2 is 1.33 bits per heavy atom. The van der Waals surface area contributed by atoms with Crippen LogP contribution in [0.1, 0.15) is 71.1 Å². The van der Waals surface area contributed by atoms with E-state index in [2.05, 4.69) is 17.5 Å². The molecule has 1 amide bonds. The molecule has 0 bridgehead atoms. The van der Waals surface area contributed by atoms with Crippen molar-refractivity contribution in [2.45, 2.75) is 88.5 Å². The summed E-state index contributed by atoms with van der Waals surface area (Å²) in [6.07, 6.45) is 12.7. The summed E-state index contributed by atoms with van der Waals surface area (Å²) in [6, 6.07) is 1.01. The summed E-state index contributed by atoms with van der Waals surface area (Å²) in [6.45, 7) is 1.92. The molecule has 0 aliphatic heterocycles. The molecule has 1 unspecified atom stereocenters. The minimum Gasteiger partial charge on any atom is -0.336 e. The van der Waals surface area contributed by atoms with Crippen molar-refractivity contribution in [1.29, 1.82) is 0 Å². The van der Waals surface area contributed by atoms with Gasteiger partial charge < -0.3 is 4.90 Å². The van der Waals surface area contributed by atoms with Gasteiger partial charge >= 0.3 is 0 Å². The van der Waals surface area contributed by atoms with Gasteiger partial charge in [-0.05, 0) is 32.6 Å². The molecule has 1 atom stereocenters. The van der Waals surface area contributed by atoms with Gasteiger partial charge in [-0.2, -0.15) is 12.6 Å². The first-order valence-electron chi connectivity index (χ1n) is 7.70. The first-order chi connectivity index (χ1) is 8.70. The lowest BCUT2D eigenvalue weighted by molar-refractivity contribution is -0.137. The number of thiol groups is 1. The summed E-state index contributed by atoms with van der Waals surface area (Å²) in [5.41, 5.74) is 0. The van der Waals surface area contributed by atoms with Crippen molar-refractivity contribution < 1.29 is 4.79 Å². The molecule has 0 aromatic rings. The molecule has 2 aliphatic carbocycles. The van der Waals surface area contributed by atoms with Gasteiger partial charge in [0.1, 0.15) is 0 Å². The standard InChI is InChI=1S/C15H27NOS/c1-12(18)15(17)16(13-8-4-2-5-9-13)14-10-6-3-7-11-14/h12-14,18H,2-11H2,1H3. The summed E-state index contributed by atoms with van der Waals surface area (Å²) in [7, 11) is 0. The minimum atomic E-state index is -0.145. The first-order valence-corrected chi connectivity index (χ1v) is 8.22. The van der Waals surface area contributed by atoms with E-state index in [-0.39, 0.29) is 11.2 Å². The molecule has 0 radical (unpaired) electrons. The Labute approximate surface area is 117 Å².